The van der Waals surface area contributed by atoms with Crippen molar-refractivity contribution in [3.05, 3.63) is 17.0 Å². The van der Waals surface area contributed by atoms with E-state index < -0.39 is 21.6 Å². The molecule has 3 heterocycles. The summed E-state index contributed by atoms with van der Waals surface area (Å²) in [5, 5.41) is 4.84. The van der Waals surface area contributed by atoms with Crippen LogP contribution in [0.25, 0.3) is 0 Å². The average molecular weight is 343 g/mol. The Balaban J connectivity index is 1.76. The van der Waals surface area contributed by atoms with Gasteiger partial charge in [-0.05, 0) is 31.4 Å². The molecule has 0 saturated carbocycles. The molecule has 2 aliphatic rings. The molecule has 7 nitrogen and oxygen atoms in total. The number of aryl methyl sites for hydroxylation is 1. The highest BCUT2D eigenvalue weighted by atomic mass is 32.2. The second-order valence-electron chi connectivity index (χ2n) is 5.47. The highest BCUT2D eigenvalue weighted by Crippen LogP contribution is 2.31. The zero-order valence-corrected chi connectivity index (χ0v) is 13.7. The van der Waals surface area contributed by atoms with Gasteiger partial charge in [0.25, 0.3) is 15.9 Å². The van der Waals surface area contributed by atoms with E-state index in [9.17, 15) is 18.0 Å². The number of hydrogen-bond acceptors (Lipinski definition) is 5. The van der Waals surface area contributed by atoms with E-state index in [-0.39, 0.29) is 31.8 Å². The average Bonchev–Trinajstić information content (AvgIpc) is 3.06. The number of nitrogens with zero attached hydrogens (tertiary/aromatic N) is 1. The van der Waals surface area contributed by atoms with Crippen LogP contribution in [0.2, 0.25) is 0 Å². The Morgan fingerprint density at radius 2 is 1.95 bits per heavy atom. The lowest BCUT2D eigenvalue weighted by Gasteiger charge is -2.35. The van der Waals surface area contributed by atoms with E-state index in [0.717, 1.165) is 11.3 Å². The maximum atomic E-state index is 12.6. The third kappa shape index (κ3) is 2.42. The molecule has 2 fully saturated rings. The second-order valence-corrected chi connectivity index (χ2v) is 8.80. The van der Waals surface area contributed by atoms with E-state index in [4.69, 9.17) is 0 Å². The maximum Gasteiger partial charge on any atom is 0.322 e. The molecule has 0 radical (unpaired) electrons. The highest BCUT2D eigenvalue weighted by molar-refractivity contribution is 7.91. The maximum absolute atomic E-state index is 12.6. The standard InChI is InChI=1S/C13H17N3O4S2/c1-2-9-3-4-10(21-9)22(19,20)16-7-5-13(6-8-16)11(17)14-12(18)15-13/h3-4H,2,5-8H2,1H3,(H2,14,15,17,18). The van der Waals surface area contributed by atoms with Crippen molar-refractivity contribution in [2.75, 3.05) is 13.1 Å². The molecule has 2 N–H and O–H groups in total. The summed E-state index contributed by atoms with van der Waals surface area (Å²) in [6.07, 6.45) is 1.38. The first kappa shape index (κ1) is 15.4. The van der Waals surface area contributed by atoms with Gasteiger partial charge < -0.3 is 5.32 Å². The van der Waals surface area contributed by atoms with Gasteiger partial charge in [-0.3, -0.25) is 10.1 Å². The van der Waals surface area contributed by atoms with Crippen LogP contribution in [0, 0.1) is 0 Å². The summed E-state index contributed by atoms with van der Waals surface area (Å²) in [5.41, 5.74) is -0.951. The largest absolute Gasteiger partial charge is 0.323 e. The Morgan fingerprint density at radius 1 is 1.27 bits per heavy atom. The van der Waals surface area contributed by atoms with E-state index >= 15 is 0 Å². The Labute approximate surface area is 132 Å². The van der Waals surface area contributed by atoms with Crippen LogP contribution in [0.4, 0.5) is 4.79 Å². The SMILES string of the molecule is CCc1ccc(S(=O)(=O)N2CCC3(CC2)NC(=O)NC3=O)s1. The van der Waals surface area contributed by atoms with Crippen LogP contribution in [0.5, 0.6) is 0 Å². The number of piperidine rings is 1. The molecule has 9 heteroatoms. The number of rotatable bonds is 3. The lowest BCUT2D eigenvalue weighted by molar-refractivity contribution is -0.125. The molecule has 22 heavy (non-hydrogen) atoms. The fourth-order valence-electron chi connectivity index (χ4n) is 2.80. The zero-order valence-electron chi connectivity index (χ0n) is 12.1. The molecule has 2 saturated heterocycles. The van der Waals surface area contributed by atoms with Gasteiger partial charge in [-0.25, -0.2) is 13.2 Å². The van der Waals surface area contributed by atoms with E-state index in [1.165, 1.54) is 15.6 Å². The Kier molecular flexibility index (Phi) is 3.74. The topological polar surface area (TPSA) is 95.6 Å². The lowest BCUT2D eigenvalue weighted by Crippen LogP contribution is -2.55. The molecule has 0 atom stereocenters. The summed E-state index contributed by atoms with van der Waals surface area (Å²) < 4.78 is 27.0. The summed E-state index contributed by atoms with van der Waals surface area (Å²) in [7, 11) is -3.52. The summed E-state index contributed by atoms with van der Waals surface area (Å²) in [5.74, 6) is -0.362. The summed E-state index contributed by atoms with van der Waals surface area (Å²) in [6.45, 7) is 2.42. The minimum Gasteiger partial charge on any atom is -0.323 e. The van der Waals surface area contributed by atoms with Crippen LogP contribution < -0.4 is 10.6 Å². The molecule has 1 aromatic heterocycles. The van der Waals surface area contributed by atoms with Crippen molar-refractivity contribution in [1.29, 1.82) is 0 Å². The van der Waals surface area contributed by atoms with Gasteiger partial charge in [0.2, 0.25) is 0 Å². The van der Waals surface area contributed by atoms with Gasteiger partial charge in [-0.1, -0.05) is 6.92 Å². The van der Waals surface area contributed by atoms with E-state index in [2.05, 4.69) is 10.6 Å². The molecule has 2 aliphatic heterocycles. The first-order valence-electron chi connectivity index (χ1n) is 7.10. The normalized spacial score (nSPS) is 21.9. The molecule has 0 unspecified atom stereocenters. The van der Waals surface area contributed by atoms with Crippen LogP contribution >= 0.6 is 11.3 Å². The van der Waals surface area contributed by atoms with Crippen LogP contribution in [-0.4, -0.2) is 43.3 Å². The van der Waals surface area contributed by atoms with Gasteiger partial charge in [0.15, 0.2) is 0 Å². The molecule has 3 amide bonds. The van der Waals surface area contributed by atoms with Gasteiger partial charge in [0, 0.05) is 18.0 Å². The highest BCUT2D eigenvalue weighted by Gasteiger charge is 2.49. The number of sulfonamides is 1. The molecular weight excluding hydrogens is 326 g/mol. The van der Waals surface area contributed by atoms with Crippen molar-refractivity contribution >= 4 is 33.3 Å². The lowest BCUT2D eigenvalue weighted by atomic mass is 9.89. The minimum absolute atomic E-state index is 0.218. The zero-order chi connectivity index (χ0) is 16.0. The number of carbonyl (C=O) groups excluding carboxylic acids is 2. The Morgan fingerprint density at radius 3 is 2.45 bits per heavy atom. The van der Waals surface area contributed by atoms with Gasteiger partial charge in [-0.2, -0.15) is 4.31 Å². The van der Waals surface area contributed by atoms with Crippen molar-refractivity contribution in [3.8, 4) is 0 Å². The molecular formula is C13H17N3O4S2. The van der Waals surface area contributed by atoms with Crippen LogP contribution in [-0.2, 0) is 21.2 Å². The van der Waals surface area contributed by atoms with Crippen molar-refractivity contribution in [3.63, 3.8) is 0 Å². The van der Waals surface area contributed by atoms with Crippen molar-refractivity contribution in [1.82, 2.24) is 14.9 Å². The number of hydrogen-bond donors (Lipinski definition) is 2. The van der Waals surface area contributed by atoms with Gasteiger partial charge in [-0.15, -0.1) is 11.3 Å². The molecule has 120 valence electrons. The second kappa shape index (κ2) is 5.32. The van der Waals surface area contributed by atoms with Crippen LogP contribution in [0.1, 0.15) is 24.6 Å². The van der Waals surface area contributed by atoms with E-state index in [1.807, 2.05) is 13.0 Å². The predicted octanol–water partition coefficient (Wildman–Crippen LogP) is 0.673. The fraction of sp³-hybridized carbons (Fsp3) is 0.538. The predicted molar refractivity (Wildman–Crippen MR) is 81.1 cm³/mol. The van der Waals surface area contributed by atoms with Gasteiger partial charge >= 0.3 is 6.03 Å². The van der Waals surface area contributed by atoms with Crippen LogP contribution in [0.3, 0.4) is 0 Å². The quantitative estimate of drug-likeness (QED) is 0.789. The smallest absolute Gasteiger partial charge is 0.322 e. The third-order valence-electron chi connectivity index (χ3n) is 4.17. The number of carbonyl (C=O) groups is 2. The first-order chi connectivity index (χ1) is 10.4. The number of amides is 3. The van der Waals surface area contributed by atoms with Crippen molar-refractivity contribution in [2.24, 2.45) is 0 Å². The van der Waals surface area contributed by atoms with Crippen LogP contribution in [0.15, 0.2) is 16.3 Å². The number of urea groups is 1. The first-order valence-corrected chi connectivity index (χ1v) is 9.35. The number of nitrogens with one attached hydrogen (secondary N) is 2. The monoisotopic (exact) mass is 343 g/mol. The summed E-state index contributed by atoms with van der Waals surface area (Å²) in [4.78, 5) is 24.2. The molecule has 1 spiro atoms. The minimum atomic E-state index is -3.52. The molecule has 1 aromatic rings. The molecule has 0 aromatic carbocycles. The molecule has 3 rings (SSSR count). The Bertz CT molecular complexity index is 717. The summed E-state index contributed by atoms with van der Waals surface area (Å²) in [6, 6.07) is 2.95. The summed E-state index contributed by atoms with van der Waals surface area (Å²) >= 11 is 1.28. The number of imide groups is 1. The van der Waals surface area contributed by atoms with E-state index in [0.29, 0.717) is 4.21 Å². The fourth-order valence-corrected chi connectivity index (χ4v) is 5.69. The molecule has 0 bridgehead atoms. The third-order valence-corrected chi connectivity index (χ3v) is 7.77. The van der Waals surface area contributed by atoms with Gasteiger partial charge in [0.05, 0.1) is 0 Å². The van der Waals surface area contributed by atoms with E-state index in [1.54, 1.807) is 6.07 Å². The van der Waals surface area contributed by atoms with Crippen molar-refractivity contribution < 1.29 is 18.0 Å². The Hall–Kier alpha value is -1.45. The molecule has 0 aliphatic carbocycles. The number of thiophene rings is 1. The van der Waals surface area contributed by atoms with Gasteiger partial charge in [0.1, 0.15) is 9.75 Å². The van der Waals surface area contributed by atoms with Crippen molar-refractivity contribution in [2.45, 2.75) is 35.9 Å².